The summed E-state index contributed by atoms with van der Waals surface area (Å²) in [6.45, 7) is 0.711. The zero-order valence-electron chi connectivity index (χ0n) is 11.9. The maximum atomic E-state index is 12.7. The number of carbonyl (C=O) groups is 1. The first-order chi connectivity index (χ1) is 9.70. The van der Waals surface area contributed by atoms with Gasteiger partial charge in [0.25, 0.3) is 0 Å². The van der Waals surface area contributed by atoms with Crippen LogP contribution in [0.5, 0.6) is 0 Å². The van der Waals surface area contributed by atoms with Crippen molar-refractivity contribution < 1.29 is 9.53 Å². The molecule has 0 bridgehead atoms. The van der Waals surface area contributed by atoms with Crippen molar-refractivity contribution in [3.63, 3.8) is 0 Å². The Morgan fingerprint density at radius 1 is 1.20 bits per heavy atom. The number of para-hydroxylation sites is 1. The van der Waals surface area contributed by atoms with Gasteiger partial charge in [0.1, 0.15) is 0 Å². The van der Waals surface area contributed by atoms with Gasteiger partial charge in [0, 0.05) is 23.8 Å². The van der Waals surface area contributed by atoms with Gasteiger partial charge in [-0.05, 0) is 37.8 Å². The van der Waals surface area contributed by atoms with Crippen LogP contribution in [0.4, 0.5) is 5.69 Å². The van der Waals surface area contributed by atoms with Crippen LogP contribution in [-0.4, -0.2) is 18.0 Å². The standard InChI is InChI=1S/C17H23NO2/c18-15-7-3-2-6-14(15)16(19)13-8-11-20-17(12-13)9-4-1-5-10-17/h2-3,6-7,13H,1,4-5,8-12,18H2. The number of rotatable bonds is 2. The molecule has 1 aromatic carbocycles. The molecule has 1 spiro atoms. The fourth-order valence-corrected chi connectivity index (χ4v) is 3.74. The molecule has 2 fully saturated rings. The summed E-state index contributed by atoms with van der Waals surface area (Å²) in [7, 11) is 0. The summed E-state index contributed by atoms with van der Waals surface area (Å²) in [5, 5.41) is 0. The van der Waals surface area contributed by atoms with E-state index in [1.807, 2.05) is 24.3 Å². The van der Waals surface area contributed by atoms with Gasteiger partial charge in [-0.25, -0.2) is 0 Å². The summed E-state index contributed by atoms with van der Waals surface area (Å²) in [4.78, 5) is 12.7. The van der Waals surface area contributed by atoms with E-state index >= 15 is 0 Å². The van der Waals surface area contributed by atoms with Gasteiger partial charge in [-0.3, -0.25) is 4.79 Å². The van der Waals surface area contributed by atoms with Crippen molar-refractivity contribution >= 4 is 11.5 Å². The van der Waals surface area contributed by atoms with Crippen LogP contribution in [0.1, 0.15) is 55.3 Å². The number of nitrogen functional groups attached to an aromatic ring is 1. The van der Waals surface area contributed by atoms with Gasteiger partial charge >= 0.3 is 0 Å². The van der Waals surface area contributed by atoms with Gasteiger partial charge in [0.05, 0.1) is 5.60 Å². The van der Waals surface area contributed by atoms with Gasteiger partial charge in [-0.15, -0.1) is 0 Å². The second-order valence-electron chi connectivity index (χ2n) is 6.23. The van der Waals surface area contributed by atoms with Gasteiger partial charge in [0.15, 0.2) is 5.78 Å². The smallest absolute Gasteiger partial charge is 0.168 e. The fraction of sp³-hybridized carbons (Fsp3) is 0.588. The summed E-state index contributed by atoms with van der Waals surface area (Å²) in [6.07, 6.45) is 7.69. The fourth-order valence-electron chi connectivity index (χ4n) is 3.74. The quantitative estimate of drug-likeness (QED) is 0.662. The lowest BCUT2D eigenvalue weighted by atomic mass is 9.74. The summed E-state index contributed by atoms with van der Waals surface area (Å²) in [6, 6.07) is 7.42. The summed E-state index contributed by atoms with van der Waals surface area (Å²) in [5.74, 6) is 0.280. The molecule has 108 valence electrons. The molecule has 0 amide bonds. The number of ether oxygens (including phenoxy) is 1. The number of anilines is 1. The minimum atomic E-state index is -0.0274. The minimum absolute atomic E-state index is 0.0274. The summed E-state index contributed by atoms with van der Waals surface area (Å²) < 4.78 is 6.07. The number of benzene rings is 1. The number of ketones is 1. The van der Waals surface area contributed by atoms with E-state index in [0.717, 1.165) is 25.7 Å². The lowest BCUT2D eigenvalue weighted by Crippen LogP contribution is -2.43. The van der Waals surface area contributed by atoms with Crippen molar-refractivity contribution in [2.45, 2.75) is 50.5 Å². The molecular formula is C17H23NO2. The van der Waals surface area contributed by atoms with Gasteiger partial charge < -0.3 is 10.5 Å². The van der Waals surface area contributed by atoms with Crippen LogP contribution >= 0.6 is 0 Å². The molecule has 3 heteroatoms. The third-order valence-corrected chi connectivity index (χ3v) is 4.85. The molecule has 1 saturated carbocycles. The molecule has 1 aromatic rings. The van der Waals surface area contributed by atoms with Crippen LogP contribution in [0, 0.1) is 5.92 Å². The summed E-state index contributed by atoms with van der Waals surface area (Å²) in [5.41, 5.74) is 7.20. The van der Waals surface area contributed by atoms with Gasteiger partial charge in [-0.1, -0.05) is 31.4 Å². The molecular weight excluding hydrogens is 250 g/mol. The number of hydrogen-bond donors (Lipinski definition) is 1. The highest BCUT2D eigenvalue weighted by atomic mass is 16.5. The second kappa shape index (κ2) is 5.57. The third kappa shape index (κ3) is 2.59. The Kier molecular flexibility index (Phi) is 3.79. The first-order valence-corrected chi connectivity index (χ1v) is 7.73. The number of Topliss-reactive ketones (excluding diaryl/α,β-unsaturated/α-hetero) is 1. The zero-order chi connectivity index (χ0) is 14.0. The zero-order valence-corrected chi connectivity index (χ0v) is 11.9. The maximum Gasteiger partial charge on any atom is 0.168 e. The lowest BCUT2D eigenvalue weighted by Gasteiger charge is -2.43. The van der Waals surface area contributed by atoms with E-state index in [1.54, 1.807) is 0 Å². The molecule has 1 heterocycles. The first-order valence-electron chi connectivity index (χ1n) is 7.73. The van der Waals surface area contributed by atoms with E-state index in [9.17, 15) is 4.79 Å². The topological polar surface area (TPSA) is 52.3 Å². The molecule has 0 aromatic heterocycles. The van der Waals surface area contributed by atoms with E-state index in [-0.39, 0.29) is 17.3 Å². The Bertz CT molecular complexity index is 486. The largest absolute Gasteiger partial charge is 0.398 e. The normalized spacial score (nSPS) is 25.5. The lowest BCUT2D eigenvalue weighted by molar-refractivity contribution is -0.111. The Labute approximate surface area is 120 Å². The SMILES string of the molecule is Nc1ccccc1C(=O)C1CCOC2(CCCCC2)C1. The third-order valence-electron chi connectivity index (χ3n) is 4.85. The predicted octanol–water partition coefficient (Wildman–Crippen LogP) is 3.58. The Hall–Kier alpha value is -1.35. The monoisotopic (exact) mass is 273 g/mol. The van der Waals surface area contributed by atoms with Crippen LogP contribution < -0.4 is 5.73 Å². The highest BCUT2D eigenvalue weighted by Crippen LogP contribution is 2.41. The average molecular weight is 273 g/mol. The van der Waals surface area contributed by atoms with Crippen molar-refractivity contribution in [1.82, 2.24) is 0 Å². The Morgan fingerprint density at radius 3 is 2.70 bits per heavy atom. The molecule has 0 radical (unpaired) electrons. The molecule has 1 saturated heterocycles. The average Bonchev–Trinajstić information content (AvgIpc) is 2.48. The molecule has 1 aliphatic heterocycles. The van der Waals surface area contributed by atoms with E-state index < -0.39 is 0 Å². The van der Waals surface area contributed by atoms with Crippen LogP contribution in [0.2, 0.25) is 0 Å². The number of nitrogens with two attached hydrogens (primary N) is 1. The van der Waals surface area contributed by atoms with E-state index in [2.05, 4.69) is 0 Å². The second-order valence-corrected chi connectivity index (χ2v) is 6.23. The van der Waals surface area contributed by atoms with E-state index in [4.69, 9.17) is 10.5 Å². The maximum absolute atomic E-state index is 12.7. The number of hydrogen-bond acceptors (Lipinski definition) is 3. The van der Waals surface area contributed by atoms with Crippen LogP contribution in [0.3, 0.4) is 0 Å². The van der Waals surface area contributed by atoms with Crippen molar-refractivity contribution in [2.75, 3.05) is 12.3 Å². The molecule has 2 aliphatic rings. The van der Waals surface area contributed by atoms with E-state index in [1.165, 1.54) is 19.3 Å². The van der Waals surface area contributed by atoms with Gasteiger partial charge in [-0.2, -0.15) is 0 Å². The molecule has 20 heavy (non-hydrogen) atoms. The first kappa shape index (κ1) is 13.6. The molecule has 1 aliphatic carbocycles. The van der Waals surface area contributed by atoms with Crippen LogP contribution in [0.15, 0.2) is 24.3 Å². The Balaban J connectivity index is 1.77. The molecule has 3 nitrogen and oxygen atoms in total. The van der Waals surface area contributed by atoms with Crippen LogP contribution in [-0.2, 0) is 4.74 Å². The predicted molar refractivity (Wildman–Crippen MR) is 79.7 cm³/mol. The van der Waals surface area contributed by atoms with Crippen molar-refractivity contribution in [3.05, 3.63) is 29.8 Å². The van der Waals surface area contributed by atoms with Crippen molar-refractivity contribution in [2.24, 2.45) is 5.92 Å². The molecule has 1 atom stereocenters. The molecule has 1 unspecified atom stereocenters. The van der Waals surface area contributed by atoms with Crippen molar-refractivity contribution in [3.8, 4) is 0 Å². The van der Waals surface area contributed by atoms with Gasteiger partial charge in [0.2, 0.25) is 0 Å². The van der Waals surface area contributed by atoms with E-state index in [0.29, 0.717) is 17.9 Å². The molecule has 2 N–H and O–H groups in total. The highest BCUT2D eigenvalue weighted by molar-refractivity contribution is 6.02. The highest BCUT2D eigenvalue weighted by Gasteiger charge is 2.40. The van der Waals surface area contributed by atoms with Crippen LogP contribution in [0.25, 0.3) is 0 Å². The van der Waals surface area contributed by atoms with Crippen molar-refractivity contribution in [1.29, 1.82) is 0 Å². The number of carbonyl (C=O) groups excluding carboxylic acids is 1. The molecule has 3 rings (SSSR count). The summed E-state index contributed by atoms with van der Waals surface area (Å²) >= 11 is 0. The Morgan fingerprint density at radius 2 is 1.95 bits per heavy atom. The minimum Gasteiger partial charge on any atom is -0.398 e.